The number of nitrogens with zero attached hydrogens (tertiary/aromatic N) is 1. The number of rotatable bonds is 8. The number of hydrogen-bond donors (Lipinski definition) is 1. The zero-order chi connectivity index (χ0) is 17.9. The van der Waals surface area contributed by atoms with Gasteiger partial charge in [0.25, 0.3) is 0 Å². The summed E-state index contributed by atoms with van der Waals surface area (Å²) < 4.78 is 32.8. The number of hydrogen-bond acceptors (Lipinski definition) is 4. The van der Waals surface area contributed by atoms with Crippen LogP contribution < -0.4 is 4.72 Å². The molecule has 0 radical (unpaired) electrons. The van der Waals surface area contributed by atoms with Crippen molar-refractivity contribution in [3.8, 4) is 0 Å². The monoisotopic (exact) mass is 366 g/mol. The molecule has 1 atom stereocenters. The van der Waals surface area contributed by atoms with Crippen LogP contribution in [0.15, 0.2) is 29.2 Å². The molecule has 6 nitrogen and oxygen atoms in total. The third kappa shape index (κ3) is 5.26. The van der Waals surface area contributed by atoms with Gasteiger partial charge in [0.05, 0.1) is 11.0 Å². The fraction of sp³-hybridized carbons (Fsp3) is 0.611. The van der Waals surface area contributed by atoms with E-state index < -0.39 is 10.0 Å². The molecule has 0 bridgehead atoms. The molecule has 1 heterocycles. The molecule has 1 aliphatic heterocycles. The number of amides is 1. The van der Waals surface area contributed by atoms with E-state index in [0.717, 1.165) is 24.5 Å². The smallest absolute Gasteiger partial charge is 0.240 e. The minimum Gasteiger partial charge on any atom is -0.376 e. The van der Waals surface area contributed by atoms with Gasteiger partial charge in [0.15, 0.2) is 0 Å². The van der Waals surface area contributed by atoms with Crippen LogP contribution in [-0.4, -0.2) is 51.6 Å². The molecule has 1 saturated heterocycles. The number of carbonyl (C=O) groups excluding carboxylic acids is 1. The standard InChI is InChI=1S/C18H26N2O4S/c1-14-3-2-4-17(11-14)25(22,23)19-9-7-18(21)20-10-8-16(12-20)24-13-15-5-6-15/h2-4,11,15-16,19H,5-10,12-13H2,1H3/t16-/m1/s1. The molecular formula is C18H26N2O4S. The highest BCUT2D eigenvalue weighted by Crippen LogP contribution is 2.30. The van der Waals surface area contributed by atoms with Crippen molar-refractivity contribution in [2.24, 2.45) is 5.92 Å². The average molecular weight is 366 g/mol. The first-order valence-electron chi connectivity index (χ1n) is 8.90. The summed E-state index contributed by atoms with van der Waals surface area (Å²) in [4.78, 5) is 14.3. The quantitative estimate of drug-likeness (QED) is 0.760. The SMILES string of the molecule is Cc1cccc(S(=O)(=O)NCCC(=O)N2CC[C@@H](OCC3CC3)C2)c1. The summed E-state index contributed by atoms with van der Waals surface area (Å²) in [5.41, 5.74) is 0.883. The van der Waals surface area contributed by atoms with Crippen LogP contribution >= 0.6 is 0 Å². The Hall–Kier alpha value is -1.44. The van der Waals surface area contributed by atoms with Gasteiger partial charge in [-0.15, -0.1) is 0 Å². The van der Waals surface area contributed by atoms with E-state index in [1.54, 1.807) is 23.1 Å². The van der Waals surface area contributed by atoms with Gasteiger partial charge >= 0.3 is 0 Å². The molecule has 1 aliphatic carbocycles. The van der Waals surface area contributed by atoms with Crippen LogP contribution in [0.3, 0.4) is 0 Å². The molecule has 7 heteroatoms. The van der Waals surface area contributed by atoms with Crippen molar-refractivity contribution in [2.75, 3.05) is 26.2 Å². The minimum absolute atomic E-state index is 0.0236. The first-order chi connectivity index (χ1) is 11.9. The zero-order valence-corrected chi connectivity index (χ0v) is 15.4. The summed E-state index contributed by atoms with van der Waals surface area (Å²) in [6.45, 7) is 4.08. The number of benzene rings is 1. The molecule has 2 aliphatic rings. The minimum atomic E-state index is -3.57. The first kappa shape index (κ1) is 18.4. The van der Waals surface area contributed by atoms with Crippen LogP contribution in [0.5, 0.6) is 0 Å². The number of carbonyl (C=O) groups is 1. The Labute approximate surface area is 149 Å². The number of sulfonamides is 1. The molecule has 1 aromatic carbocycles. The third-order valence-electron chi connectivity index (χ3n) is 4.69. The van der Waals surface area contributed by atoms with Crippen molar-refractivity contribution in [1.82, 2.24) is 9.62 Å². The largest absolute Gasteiger partial charge is 0.376 e. The van der Waals surface area contributed by atoms with Crippen molar-refractivity contribution in [1.29, 1.82) is 0 Å². The van der Waals surface area contributed by atoms with E-state index in [4.69, 9.17) is 4.74 Å². The molecular weight excluding hydrogens is 340 g/mol. The Morgan fingerprint density at radius 1 is 1.32 bits per heavy atom. The van der Waals surface area contributed by atoms with Crippen LogP contribution in [0.25, 0.3) is 0 Å². The fourth-order valence-electron chi connectivity index (χ4n) is 2.96. The van der Waals surface area contributed by atoms with Gasteiger partial charge in [0.1, 0.15) is 0 Å². The second-order valence-electron chi connectivity index (χ2n) is 6.99. The molecule has 0 unspecified atom stereocenters. The highest BCUT2D eigenvalue weighted by atomic mass is 32.2. The summed E-state index contributed by atoms with van der Waals surface area (Å²) in [6, 6.07) is 6.73. The van der Waals surface area contributed by atoms with Crippen molar-refractivity contribution in [3.63, 3.8) is 0 Å². The first-order valence-corrected chi connectivity index (χ1v) is 10.4. The van der Waals surface area contributed by atoms with Crippen LogP contribution in [0.1, 0.15) is 31.2 Å². The summed E-state index contributed by atoms with van der Waals surface area (Å²) in [6.07, 6.45) is 3.69. The number of aryl methyl sites for hydroxylation is 1. The maximum atomic E-state index is 12.3. The number of nitrogens with one attached hydrogen (secondary N) is 1. The molecule has 3 rings (SSSR count). The van der Waals surface area contributed by atoms with Gasteiger partial charge < -0.3 is 9.64 Å². The molecule has 25 heavy (non-hydrogen) atoms. The third-order valence-corrected chi connectivity index (χ3v) is 6.15. The Kier molecular flexibility index (Phi) is 5.76. The molecule has 0 spiro atoms. The fourth-order valence-corrected chi connectivity index (χ4v) is 4.10. The molecule has 1 saturated carbocycles. The summed E-state index contributed by atoms with van der Waals surface area (Å²) in [5, 5.41) is 0. The summed E-state index contributed by atoms with van der Waals surface area (Å²) in [5.74, 6) is 0.699. The number of ether oxygens (including phenoxy) is 1. The normalized spacial score (nSPS) is 20.8. The van der Waals surface area contributed by atoms with E-state index in [1.807, 2.05) is 13.0 Å². The van der Waals surface area contributed by atoms with Gasteiger partial charge in [-0.05, 0) is 49.8 Å². The maximum Gasteiger partial charge on any atom is 0.240 e. The van der Waals surface area contributed by atoms with E-state index in [2.05, 4.69) is 4.72 Å². The Morgan fingerprint density at radius 2 is 2.12 bits per heavy atom. The molecule has 0 aromatic heterocycles. The lowest BCUT2D eigenvalue weighted by atomic mass is 10.2. The lowest BCUT2D eigenvalue weighted by Crippen LogP contribution is -2.34. The predicted molar refractivity (Wildman–Crippen MR) is 94.6 cm³/mol. The van der Waals surface area contributed by atoms with Gasteiger partial charge in [-0.1, -0.05) is 12.1 Å². The molecule has 1 N–H and O–H groups in total. The predicted octanol–water partition coefficient (Wildman–Crippen LogP) is 1.69. The maximum absolute atomic E-state index is 12.3. The van der Waals surface area contributed by atoms with E-state index >= 15 is 0 Å². The molecule has 1 aromatic rings. The van der Waals surface area contributed by atoms with Crippen LogP contribution in [0.4, 0.5) is 0 Å². The lowest BCUT2D eigenvalue weighted by molar-refractivity contribution is -0.130. The highest BCUT2D eigenvalue weighted by Gasteiger charge is 2.29. The van der Waals surface area contributed by atoms with E-state index in [9.17, 15) is 13.2 Å². The van der Waals surface area contributed by atoms with Gasteiger partial charge in [-0.2, -0.15) is 0 Å². The van der Waals surface area contributed by atoms with Crippen LogP contribution in [0, 0.1) is 12.8 Å². The zero-order valence-electron chi connectivity index (χ0n) is 14.6. The average Bonchev–Trinajstić information content (AvgIpc) is 3.28. The highest BCUT2D eigenvalue weighted by molar-refractivity contribution is 7.89. The Bertz CT molecular complexity index is 716. The van der Waals surface area contributed by atoms with Crippen molar-refractivity contribution >= 4 is 15.9 Å². The molecule has 1 amide bonds. The molecule has 138 valence electrons. The summed E-state index contributed by atoms with van der Waals surface area (Å²) in [7, 11) is -3.57. The lowest BCUT2D eigenvalue weighted by Gasteiger charge is -2.17. The van der Waals surface area contributed by atoms with Crippen molar-refractivity contribution < 1.29 is 17.9 Å². The second kappa shape index (κ2) is 7.85. The Morgan fingerprint density at radius 3 is 2.84 bits per heavy atom. The molecule has 2 fully saturated rings. The van der Waals surface area contributed by atoms with E-state index in [1.165, 1.54) is 12.8 Å². The Balaban J connectivity index is 1.41. The van der Waals surface area contributed by atoms with Crippen molar-refractivity contribution in [2.45, 2.75) is 43.6 Å². The van der Waals surface area contributed by atoms with Crippen molar-refractivity contribution in [3.05, 3.63) is 29.8 Å². The van der Waals surface area contributed by atoms with E-state index in [0.29, 0.717) is 13.1 Å². The van der Waals surface area contributed by atoms with Crippen LogP contribution in [0.2, 0.25) is 0 Å². The second-order valence-corrected chi connectivity index (χ2v) is 8.76. The van der Waals surface area contributed by atoms with Gasteiger partial charge in [-0.25, -0.2) is 13.1 Å². The van der Waals surface area contributed by atoms with Gasteiger partial charge in [-0.3, -0.25) is 4.79 Å². The topological polar surface area (TPSA) is 75.7 Å². The van der Waals surface area contributed by atoms with Gasteiger partial charge in [0.2, 0.25) is 15.9 Å². The van der Waals surface area contributed by atoms with E-state index in [-0.39, 0.29) is 29.9 Å². The summed E-state index contributed by atoms with van der Waals surface area (Å²) >= 11 is 0. The number of likely N-dealkylation sites (tertiary alicyclic amines) is 1. The van der Waals surface area contributed by atoms with Crippen LogP contribution in [-0.2, 0) is 19.6 Å². The van der Waals surface area contributed by atoms with Gasteiger partial charge in [0, 0.05) is 32.7 Å².